The van der Waals surface area contributed by atoms with Crippen molar-refractivity contribution in [2.75, 3.05) is 12.3 Å². The summed E-state index contributed by atoms with van der Waals surface area (Å²) < 4.78 is 21.2. The first-order chi connectivity index (χ1) is 9.86. The van der Waals surface area contributed by atoms with Crippen LogP contribution in [0.2, 0.25) is 0 Å². The smallest absolute Gasteiger partial charge is 0.280 e. The molecule has 1 fully saturated rings. The van der Waals surface area contributed by atoms with Crippen LogP contribution in [0.25, 0.3) is 11.2 Å². The molecule has 0 bridgehead atoms. The average molecular weight is 299 g/mol. The number of hydrogen-bond donors (Lipinski definition) is 4. The number of nitrogens with one attached hydrogen (secondary N) is 1. The number of hydrogen-bond acceptors (Lipinski definition) is 7. The topological polar surface area (TPSA) is 139 Å². The molecule has 3 unspecified atom stereocenters. The van der Waals surface area contributed by atoms with Crippen LogP contribution < -0.4 is 11.3 Å². The van der Waals surface area contributed by atoms with Crippen molar-refractivity contribution in [3.05, 3.63) is 16.7 Å². The van der Waals surface area contributed by atoms with Crippen molar-refractivity contribution in [2.24, 2.45) is 0 Å². The number of imidazole rings is 1. The first kappa shape index (κ1) is 13.9. The van der Waals surface area contributed by atoms with Crippen molar-refractivity contribution in [1.29, 1.82) is 0 Å². The summed E-state index contributed by atoms with van der Waals surface area (Å²) in [6, 6.07) is 0. The van der Waals surface area contributed by atoms with Crippen LogP contribution in [0, 0.1) is 0 Å². The number of nitrogens with zero attached hydrogens (tertiary/aromatic N) is 3. The highest BCUT2D eigenvalue weighted by Gasteiger charge is 2.55. The second kappa shape index (κ2) is 4.48. The molecule has 4 atom stereocenters. The summed E-state index contributed by atoms with van der Waals surface area (Å²) in [7, 11) is 0. The lowest BCUT2D eigenvalue weighted by Crippen LogP contribution is -2.40. The van der Waals surface area contributed by atoms with Crippen LogP contribution in [0.5, 0.6) is 0 Å². The quantitative estimate of drug-likeness (QED) is 0.539. The predicted octanol–water partition coefficient (Wildman–Crippen LogP) is -1.32. The zero-order valence-electron chi connectivity index (χ0n) is 11.0. The molecule has 5 N–H and O–H groups in total. The zero-order chi connectivity index (χ0) is 15.4. The molecule has 0 aromatic carbocycles. The molecule has 21 heavy (non-hydrogen) atoms. The van der Waals surface area contributed by atoms with Gasteiger partial charge in [-0.15, -0.1) is 0 Å². The summed E-state index contributed by atoms with van der Waals surface area (Å²) in [5.41, 5.74) is 2.73. The fourth-order valence-electron chi connectivity index (χ4n) is 2.48. The molecule has 0 spiro atoms. The number of aliphatic hydroxyl groups is 2. The molecule has 2 aromatic heterocycles. The van der Waals surface area contributed by atoms with Crippen LogP contribution in [-0.2, 0) is 4.74 Å². The molecule has 0 radical (unpaired) electrons. The van der Waals surface area contributed by atoms with E-state index in [0.29, 0.717) is 0 Å². The van der Waals surface area contributed by atoms with Gasteiger partial charge in [0.25, 0.3) is 5.56 Å². The maximum absolute atomic E-state index is 14.7. The molecular formula is C11H14FN5O4. The van der Waals surface area contributed by atoms with Crippen LogP contribution in [0.3, 0.4) is 0 Å². The molecule has 10 heteroatoms. The fourth-order valence-corrected chi connectivity index (χ4v) is 2.48. The van der Waals surface area contributed by atoms with Crippen molar-refractivity contribution >= 4 is 17.1 Å². The Hall–Kier alpha value is -2.04. The molecule has 3 heterocycles. The summed E-state index contributed by atoms with van der Waals surface area (Å²) in [5, 5.41) is 19.0. The largest absolute Gasteiger partial charge is 0.394 e. The Labute approximate surface area is 117 Å². The number of aromatic amines is 1. The molecule has 1 saturated heterocycles. The number of H-pyrrole nitrogens is 1. The van der Waals surface area contributed by atoms with Gasteiger partial charge in [-0.3, -0.25) is 14.3 Å². The first-order valence-electron chi connectivity index (χ1n) is 6.22. The fraction of sp³-hybridized carbons (Fsp3) is 0.545. The molecule has 0 aliphatic carbocycles. The highest BCUT2D eigenvalue weighted by molar-refractivity contribution is 5.70. The van der Waals surface area contributed by atoms with Gasteiger partial charge in [0.1, 0.15) is 12.2 Å². The normalized spacial score (nSPS) is 32.9. The number of alkyl halides is 1. The molecule has 0 amide bonds. The minimum absolute atomic E-state index is 0.0226. The van der Waals surface area contributed by atoms with E-state index in [1.807, 2.05) is 0 Å². The monoisotopic (exact) mass is 299 g/mol. The lowest BCUT2D eigenvalue weighted by molar-refractivity contribution is -0.0566. The Morgan fingerprint density at radius 2 is 2.38 bits per heavy atom. The number of aromatic nitrogens is 4. The lowest BCUT2D eigenvalue weighted by Gasteiger charge is -2.24. The van der Waals surface area contributed by atoms with Gasteiger partial charge in [-0.2, -0.15) is 4.98 Å². The van der Waals surface area contributed by atoms with E-state index in [2.05, 4.69) is 15.0 Å². The van der Waals surface area contributed by atoms with Crippen molar-refractivity contribution in [3.8, 4) is 0 Å². The van der Waals surface area contributed by atoms with Crippen molar-refractivity contribution in [1.82, 2.24) is 19.5 Å². The number of aliphatic hydroxyl groups excluding tert-OH is 2. The van der Waals surface area contributed by atoms with E-state index in [9.17, 15) is 14.3 Å². The highest BCUT2D eigenvalue weighted by Crippen LogP contribution is 2.41. The summed E-state index contributed by atoms with van der Waals surface area (Å²) in [5.74, 6) is -0.146. The third-order valence-corrected chi connectivity index (χ3v) is 3.60. The lowest BCUT2D eigenvalue weighted by atomic mass is 9.99. The number of halogens is 1. The second-order valence-corrected chi connectivity index (χ2v) is 5.08. The number of nitrogens with two attached hydrogens (primary N) is 1. The summed E-state index contributed by atoms with van der Waals surface area (Å²) in [4.78, 5) is 21.7. The maximum Gasteiger partial charge on any atom is 0.280 e. The Morgan fingerprint density at radius 3 is 3.00 bits per heavy atom. The van der Waals surface area contributed by atoms with Crippen molar-refractivity contribution < 1.29 is 19.3 Å². The third-order valence-electron chi connectivity index (χ3n) is 3.60. The second-order valence-electron chi connectivity index (χ2n) is 5.08. The summed E-state index contributed by atoms with van der Waals surface area (Å²) in [6.45, 7) is 0.598. The van der Waals surface area contributed by atoms with Gasteiger partial charge in [-0.25, -0.2) is 9.37 Å². The predicted molar refractivity (Wildman–Crippen MR) is 69.1 cm³/mol. The highest BCUT2D eigenvalue weighted by atomic mass is 19.1. The van der Waals surface area contributed by atoms with Crippen molar-refractivity contribution in [3.63, 3.8) is 0 Å². The van der Waals surface area contributed by atoms with Gasteiger partial charge in [0.05, 0.1) is 12.9 Å². The first-order valence-corrected chi connectivity index (χ1v) is 6.22. The Kier molecular flexibility index (Phi) is 2.97. The van der Waals surface area contributed by atoms with E-state index in [-0.39, 0.29) is 17.1 Å². The Bertz CT molecular complexity index is 742. The van der Waals surface area contributed by atoms with E-state index in [4.69, 9.17) is 15.6 Å². The molecule has 114 valence electrons. The minimum Gasteiger partial charge on any atom is -0.394 e. The molecule has 1 aliphatic heterocycles. The average Bonchev–Trinajstić information content (AvgIpc) is 2.91. The van der Waals surface area contributed by atoms with Crippen molar-refractivity contribution in [2.45, 2.75) is 31.0 Å². The van der Waals surface area contributed by atoms with Gasteiger partial charge in [-0.05, 0) is 6.92 Å². The Morgan fingerprint density at radius 1 is 1.67 bits per heavy atom. The summed E-state index contributed by atoms with van der Waals surface area (Å²) in [6.07, 6.45) is -2.71. The van der Waals surface area contributed by atoms with E-state index < -0.39 is 36.3 Å². The number of rotatable bonds is 2. The summed E-state index contributed by atoms with van der Waals surface area (Å²) >= 11 is 0. The van der Waals surface area contributed by atoms with Crippen LogP contribution in [0.4, 0.5) is 10.3 Å². The van der Waals surface area contributed by atoms with Gasteiger partial charge in [-0.1, -0.05) is 0 Å². The third kappa shape index (κ3) is 1.91. The van der Waals surface area contributed by atoms with Gasteiger partial charge in [0, 0.05) is 0 Å². The van der Waals surface area contributed by atoms with E-state index in [1.165, 1.54) is 10.9 Å². The molecule has 1 aliphatic rings. The standard InChI is InChI=1S/C11H14FN5O4/c1-11(12)6(19)4(2-18)21-9(11)17-3-14-5-7(17)15-10(13)16-8(5)20/h3-4,6,9,18-19H,2H2,1H3,(H3,13,15,16,20)/t4?,6?,9?,11-/m1/s1. The van der Waals surface area contributed by atoms with Gasteiger partial charge in [0.15, 0.2) is 23.1 Å². The van der Waals surface area contributed by atoms with E-state index in [1.54, 1.807) is 0 Å². The zero-order valence-corrected chi connectivity index (χ0v) is 11.0. The van der Waals surface area contributed by atoms with Crippen LogP contribution in [-0.4, -0.2) is 54.2 Å². The molecule has 3 rings (SSSR count). The number of fused-ring (bicyclic) bond motifs is 1. The van der Waals surface area contributed by atoms with E-state index in [0.717, 1.165) is 6.92 Å². The van der Waals surface area contributed by atoms with Gasteiger partial charge in [0.2, 0.25) is 5.95 Å². The maximum atomic E-state index is 14.7. The molecule has 0 saturated carbocycles. The van der Waals surface area contributed by atoms with Crippen LogP contribution in [0.1, 0.15) is 13.2 Å². The number of nitrogen functional groups attached to an aromatic ring is 1. The van der Waals surface area contributed by atoms with E-state index >= 15 is 0 Å². The van der Waals surface area contributed by atoms with Crippen LogP contribution >= 0.6 is 0 Å². The number of anilines is 1. The number of ether oxygens (including phenoxy) is 1. The Balaban J connectivity index is 2.15. The van der Waals surface area contributed by atoms with Gasteiger partial charge >= 0.3 is 0 Å². The minimum atomic E-state index is -2.19. The molecule has 2 aromatic rings. The van der Waals surface area contributed by atoms with Crippen LogP contribution in [0.15, 0.2) is 11.1 Å². The molecular weight excluding hydrogens is 285 g/mol. The van der Waals surface area contributed by atoms with Gasteiger partial charge < -0.3 is 20.7 Å². The molecule has 9 nitrogen and oxygen atoms in total. The SMILES string of the molecule is C[C@@]1(F)C(O)C(CO)OC1n1cnc2c(=O)[nH]c(N)nc21.